The van der Waals surface area contributed by atoms with Crippen molar-refractivity contribution in [3.63, 3.8) is 0 Å². The number of fused-ring (bicyclic) bond motifs is 1. The minimum atomic E-state index is -3.96. The fourth-order valence-corrected chi connectivity index (χ4v) is 5.21. The van der Waals surface area contributed by atoms with Gasteiger partial charge in [0.15, 0.2) is 0 Å². The first kappa shape index (κ1) is 24.8. The van der Waals surface area contributed by atoms with E-state index in [-0.39, 0.29) is 10.8 Å². The van der Waals surface area contributed by atoms with Crippen LogP contribution in [0.3, 0.4) is 0 Å². The van der Waals surface area contributed by atoms with Gasteiger partial charge < -0.3 is 15.2 Å². The molecule has 0 bridgehead atoms. The van der Waals surface area contributed by atoms with Crippen LogP contribution in [0.25, 0.3) is 0 Å². The van der Waals surface area contributed by atoms with Crippen molar-refractivity contribution in [2.45, 2.75) is 56.4 Å². The molecular formula is C26H29N3O5S. The molecule has 2 aromatic carbocycles. The molecule has 2 atom stereocenters. The van der Waals surface area contributed by atoms with Gasteiger partial charge in [0.05, 0.1) is 10.9 Å². The molecular weight excluding hydrogens is 466 g/mol. The number of aromatic nitrogens is 1. The number of nitrogens with one attached hydrogen (secondary N) is 2. The minimum absolute atomic E-state index is 0.0963. The summed E-state index contributed by atoms with van der Waals surface area (Å²) < 4.78 is 35.0. The zero-order valence-electron chi connectivity index (χ0n) is 19.9. The summed E-state index contributed by atoms with van der Waals surface area (Å²) in [5, 5.41) is 13.9. The molecule has 184 valence electrons. The third kappa shape index (κ3) is 5.37. The summed E-state index contributed by atoms with van der Waals surface area (Å²) >= 11 is 0. The maximum Gasteiger partial charge on any atom is 0.251 e. The number of nitrogens with zero attached hydrogens (tertiary/aromatic N) is 1. The molecule has 4 rings (SSSR count). The zero-order chi connectivity index (χ0) is 25.2. The second kappa shape index (κ2) is 9.77. The van der Waals surface area contributed by atoms with Gasteiger partial charge in [-0.25, -0.2) is 13.1 Å². The van der Waals surface area contributed by atoms with Crippen molar-refractivity contribution < 1.29 is 23.1 Å². The van der Waals surface area contributed by atoms with Crippen molar-refractivity contribution >= 4 is 15.9 Å². The number of rotatable bonds is 7. The monoisotopic (exact) mass is 495 g/mol. The molecule has 2 heterocycles. The quantitative estimate of drug-likeness (QED) is 0.464. The first-order chi connectivity index (χ1) is 16.6. The Kier molecular flexibility index (Phi) is 6.93. The lowest BCUT2D eigenvalue weighted by Gasteiger charge is -2.42. The number of ether oxygens (including phenoxy) is 1. The van der Waals surface area contributed by atoms with Gasteiger partial charge >= 0.3 is 0 Å². The van der Waals surface area contributed by atoms with Gasteiger partial charge in [0, 0.05) is 30.1 Å². The summed E-state index contributed by atoms with van der Waals surface area (Å²) in [5.41, 5.74) is 1.57. The molecule has 1 aromatic heterocycles. The molecule has 3 N–H and O–H groups in total. The van der Waals surface area contributed by atoms with E-state index in [9.17, 15) is 18.3 Å². The largest absolute Gasteiger partial charge is 0.485 e. The maximum absolute atomic E-state index is 13.2. The van der Waals surface area contributed by atoms with Crippen molar-refractivity contribution in [1.29, 1.82) is 0 Å². The Hall–Kier alpha value is -3.27. The molecule has 0 saturated heterocycles. The van der Waals surface area contributed by atoms with Crippen molar-refractivity contribution in [2.75, 3.05) is 0 Å². The van der Waals surface area contributed by atoms with Crippen LogP contribution < -0.4 is 14.8 Å². The van der Waals surface area contributed by atoms with Crippen molar-refractivity contribution in [2.24, 2.45) is 0 Å². The normalized spacial score (nSPS) is 18.9. The van der Waals surface area contributed by atoms with Crippen LogP contribution in [0, 0.1) is 0 Å². The van der Waals surface area contributed by atoms with Crippen LogP contribution in [-0.2, 0) is 23.0 Å². The van der Waals surface area contributed by atoms with E-state index in [2.05, 4.69) is 15.0 Å². The number of aliphatic hydroxyl groups is 1. The molecule has 3 aromatic rings. The fourth-order valence-electron chi connectivity index (χ4n) is 3.99. The minimum Gasteiger partial charge on any atom is -0.485 e. The Morgan fingerprint density at radius 3 is 2.40 bits per heavy atom. The van der Waals surface area contributed by atoms with E-state index < -0.39 is 27.8 Å². The van der Waals surface area contributed by atoms with E-state index in [0.717, 1.165) is 17.5 Å². The van der Waals surface area contributed by atoms with Crippen molar-refractivity contribution in [3.05, 3.63) is 89.2 Å². The third-order valence-corrected chi connectivity index (χ3v) is 7.59. The lowest BCUT2D eigenvalue weighted by atomic mass is 9.86. The SMILES string of the molecule is CCc1ccc(S(=O)(=O)N[C@@H]2c3cc(C(=O)NCc4ccncc4)ccc3OC(C)(C)[C@H]2O)cc1. The Labute approximate surface area is 205 Å². The number of carbonyl (C=O) groups is 1. The van der Waals surface area contributed by atoms with Gasteiger partial charge in [-0.1, -0.05) is 19.1 Å². The highest BCUT2D eigenvalue weighted by molar-refractivity contribution is 7.89. The van der Waals surface area contributed by atoms with Gasteiger partial charge in [0.1, 0.15) is 17.5 Å². The second-order valence-electron chi connectivity index (χ2n) is 9.04. The second-order valence-corrected chi connectivity index (χ2v) is 10.8. The van der Waals surface area contributed by atoms with E-state index >= 15 is 0 Å². The van der Waals surface area contributed by atoms with Crippen molar-refractivity contribution in [3.8, 4) is 5.75 Å². The predicted octanol–water partition coefficient (Wildman–Crippen LogP) is 3.13. The average Bonchev–Trinajstić information content (AvgIpc) is 2.85. The zero-order valence-corrected chi connectivity index (χ0v) is 20.7. The summed E-state index contributed by atoms with van der Waals surface area (Å²) in [6, 6.07) is 14.0. The van der Waals surface area contributed by atoms with Crippen LogP contribution >= 0.6 is 0 Å². The van der Waals surface area contributed by atoms with E-state index in [4.69, 9.17) is 4.74 Å². The van der Waals surface area contributed by atoms with Gasteiger partial charge in [-0.05, 0) is 73.9 Å². The number of hydrogen-bond donors (Lipinski definition) is 3. The predicted molar refractivity (Wildman–Crippen MR) is 131 cm³/mol. The highest BCUT2D eigenvalue weighted by atomic mass is 32.2. The summed E-state index contributed by atoms with van der Waals surface area (Å²) in [6.07, 6.45) is 2.88. The van der Waals surface area contributed by atoms with Crippen LogP contribution in [0.1, 0.15) is 53.9 Å². The standard InChI is InChI=1S/C26H29N3O5S/c1-4-17-5-8-20(9-6-17)35(32,33)29-23-21-15-19(7-10-22(21)34-26(2,3)24(23)30)25(31)28-16-18-11-13-27-14-12-18/h5-15,23-24,29-30H,4,16H2,1-3H3,(H,28,31)/t23-,24+/m1/s1. The topological polar surface area (TPSA) is 118 Å². The number of amides is 1. The number of sulfonamides is 1. The van der Waals surface area contributed by atoms with E-state index in [0.29, 0.717) is 23.4 Å². The maximum atomic E-state index is 13.2. The lowest BCUT2D eigenvalue weighted by molar-refractivity contribution is -0.0603. The first-order valence-corrected chi connectivity index (χ1v) is 12.9. The fraction of sp³-hybridized carbons (Fsp3) is 0.308. The van der Waals surface area contributed by atoms with Gasteiger partial charge in [0.25, 0.3) is 5.91 Å². The van der Waals surface area contributed by atoms with Crippen LogP contribution in [0.2, 0.25) is 0 Å². The molecule has 0 aliphatic carbocycles. The molecule has 0 unspecified atom stereocenters. The van der Waals surface area contributed by atoms with E-state index in [1.807, 2.05) is 6.92 Å². The summed E-state index contributed by atoms with van der Waals surface area (Å²) in [5.74, 6) is 0.0701. The molecule has 1 aliphatic rings. The average molecular weight is 496 g/mol. The van der Waals surface area contributed by atoms with Gasteiger partial charge in [-0.15, -0.1) is 0 Å². The molecule has 0 spiro atoms. The Morgan fingerprint density at radius 1 is 1.06 bits per heavy atom. The summed E-state index contributed by atoms with van der Waals surface area (Å²) in [7, 11) is -3.96. The number of aliphatic hydroxyl groups excluding tert-OH is 1. The Balaban J connectivity index is 1.63. The number of aryl methyl sites for hydroxylation is 1. The van der Waals surface area contributed by atoms with Gasteiger partial charge in [0.2, 0.25) is 10.0 Å². The Morgan fingerprint density at radius 2 is 1.74 bits per heavy atom. The molecule has 0 saturated carbocycles. The van der Waals surface area contributed by atoms with E-state index in [1.54, 1.807) is 80.8 Å². The van der Waals surface area contributed by atoms with Crippen LogP contribution in [-0.4, -0.2) is 36.1 Å². The number of carbonyl (C=O) groups excluding carboxylic acids is 1. The third-order valence-electron chi connectivity index (χ3n) is 6.13. The number of pyridine rings is 1. The van der Waals surface area contributed by atoms with Crippen LogP contribution in [0.4, 0.5) is 0 Å². The first-order valence-electron chi connectivity index (χ1n) is 11.4. The van der Waals surface area contributed by atoms with Crippen LogP contribution in [0.15, 0.2) is 71.9 Å². The number of hydrogen-bond acceptors (Lipinski definition) is 6. The molecule has 0 fully saturated rings. The molecule has 8 nitrogen and oxygen atoms in total. The number of benzene rings is 2. The lowest BCUT2D eigenvalue weighted by Crippen LogP contribution is -2.53. The van der Waals surface area contributed by atoms with Crippen LogP contribution in [0.5, 0.6) is 5.75 Å². The molecule has 1 aliphatic heterocycles. The van der Waals surface area contributed by atoms with Gasteiger partial charge in [-0.2, -0.15) is 0 Å². The summed E-state index contributed by atoms with van der Waals surface area (Å²) in [6.45, 7) is 5.68. The highest BCUT2D eigenvalue weighted by Crippen LogP contribution is 2.41. The smallest absolute Gasteiger partial charge is 0.251 e. The molecule has 1 amide bonds. The summed E-state index contributed by atoms with van der Waals surface area (Å²) in [4.78, 5) is 16.9. The molecule has 35 heavy (non-hydrogen) atoms. The molecule has 0 radical (unpaired) electrons. The Bertz CT molecular complexity index is 1310. The molecule has 9 heteroatoms. The van der Waals surface area contributed by atoms with E-state index in [1.165, 1.54) is 0 Å². The highest BCUT2D eigenvalue weighted by Gasteiger charge is 2.44. The van der Waals surface area contributed by atoms with Gasteiger partial charge in [-0.3, -0.25) is 9.78 Å². The van der Waals surface area contributed by atoms with Crippen molar-refractivity contribution in [1.82, 2.24) is 15.0 Å².